The summed E-state index contributed by atoms with van der Waals surface area (Å²) in [6.45, 7) is 1.98. The van der Waals surface area contributed by atoms with Gasteiger partial charge in [0.05, 0.1) is 20.3 Å². The second-order valence-corrected chi connectivity index (χ2v) is 9.70. The lowest BCUT2D eigenvalue weighted by Crippen LogP contribution is -2.24. The number of thioether (sulfide) groups is 1. The number of amides is 2. The van der Waals surface area contributed by atoms with E-state index in [2.05, 4.69) is 15.6 Å². The zero-order valence-electron chi connectivity index (χ0n) is 16.1. The second kappa shape index (κ2) is 9.42. The molecule has 1 atom stereocenters. The number of anilines is 2. The van der Waals surface area contributed by atoms with Crippen LogP contribution in [0.1, 0.15) is 23.0 Å². The third-order valence-corrected chi connectivity index (χ3v) is 7.48. The Balaban J connectivity index is 1.42. The van der Waals surface area contributed by atoms with Crippen LogP contribution in [0.4, 0.5) is 10.8 Å². The van der Waals surface area contributed by atoms with Crippen molar-refractivity contribution in [3.63, 3.8) is 0 Å². The van der Waals surface area contributed by atoms with Crippen LogP contribution in [-0.4, -0.2) is 22.0 Å². The van der Waals surface area contributed by atoms with E-state index in [4.69, 9.17) is 0 Å². The van der Waals surface area contributed by atoms with Crippen molar-refractivity contribution in [3.05, 3.63) is 70.9 Å². The fourth-order valence-corrected chi connectivity index (χ4v) is 5.35. The van der Waals surface area contributed by atoms with Gasteiger partial charge in [-0.3, -0.25) is 9.59 Å². The summed E-state index contributed by atoms with van der Waals surface area (Å²) < 4.78 is 1.04. The van der Waals surface area contributed by atoms with Crippen molar-refractivity contribution in [2.75, 3.05) is 10.6 Å². The molecular formula is C22H19N3O2S3. The smallest absolute Gasteiger partial charge is 0.265 e. The highest BCUT2D eigenvalue weighted by Gasteiger charge is 2.20. The van der Waals surface area contributed by atoms with Gasteiger partial charge < -0.3 is 10.6 Å². The van der Waals surface area contributed by atoms with Crippen LogP contribution in [0.3, 0.4) is 0 Å². The minimum absolute atomic E-state index is 0.0745. The number of hydrogen-bond acceptors (Lipinski definition) is 6. The molecule has 0 spiro atoms. The summed E-state index contributed by atoms with van der Waals surface area (Å²) in [4.78, 5) is 31.1. The molecule has 0 radical (unpaired) electrons. The molecule has 5 nitrogen and oxygen atoms in total. The molecule has 0 aliphatic heterocycles. The number of nitrogens with zero attached hydrogens (tertiary/aromatic N) is 1. The summed E-state index contributed by atoms with van der Waals surface area (Å²) >= 11 is 4.35. The minimum atomic E-state index is -0.264. The van der Waals surface area contributed by atoms with E-state index in [1.165, 1.54) is 34.4 Å². The monoisotopic (exact) mass is 453 g/mol. The summed E-state index contributed by atoms with van der Waals surface area (Å²) in [6.07, 6.45) is 0.674. The third kappa shape index (κ3) is 4.89. The molecule has 0 aliphatic rings. The molecule has 4 aromatic rings. The topological polar surface area (TPSA) is 71.1 Å². The number of nitrogens with one attached hydrogen (secondary N) is 2. The van der Waals surface area contributed by atoms with Crippen LogP contribution in [0, 0.1) is 0 Å². The second-order valence-electron chi connectivity index (χ2n) is 6.45. The van der Waals surface area contributed by atoms with Crippen LogP contribution in [0.15, 0.2) is 70.9 Å². The van der Waals surface area contributed by atoms with Gasteiger partial charge in [-0.1, -0.05) is 42.5 Å². The number of thiazole rings is 1. The van der Waals surface area contributed by atoms with Crippen molar-refractivity contribution in [2.24, 2.45) is 0 Å². The van der Waals surface area contributed by atoms with Gasteiger partial charge in [0.25, 0.3) is 5.91 Å². The predicted molar refractivity (Wildman–Crippen MR) is 127 cm³/mol. The average molecular weight is 454 g/mol. The minimum Gasteiger partial charge on any atom is -0.321 e. The molecule has 1 unspecified atom stereocenters. The van der Waals surface area contributed by atoms with Crippen LogP contribution in [0.5, 0.6) is 0 Å². The molecule has 0 aliphatic carbocycles. The molecular weight excluding hydrogens is 434 g/mol. The Labute approximate surface area is 186 Å². The number of fused-ring (bicyclic) bond motifs is 1. The van der Waals surface area contributed by atoms with Crippen molar-refractivity contribution < 1.29 is 9.59 Å². The Morgan fingerprint density at radius 3 is 2.70 bits per heavy atom. The van der Waals surface area contributed by atoms with E-state index < -0.39 is 0 Å². The highest BCUT2D eigenvalue weighted by molar-refractivity contribution is 8.00. The first-order valence-corrected chi connectivity index (χ1v) is 12.0. The van der Waals surface area contributed by atoms with Gasteiger partial charge >= 0.3 is 0 Å². The third-order valence-electron chi connectivity index (χ3n) is 4.30. The number of aromatic nitrogens is 1. The summed E-state index contributed by atoms with van der Waals surface area (Å²) in [7, 11) is 0. The number of carbonyl (C=O) groups is 2. The summed E-state index contributed by atoms with van der Waals surface area (Å²) in [6, 6.07) is 19.0. The molecule has 2 heterocycles. The predicted octanol–water partition coefficient (Wildman–Crippen LogP) is 6.12. The number of thiophene rings is 1. The maximum Gasteiger partial charge on any atom is 0.265 e. The summed E-state index contributed by atoms with van der Waals surface area (Å²) in [5.41, 5.74) is 1.59. The summed E-state index contributed by atoms with van der Waals surface area (Å²) in [5, 5.41) is 8.07. The zero-order chi connectivity index (χ0) is 20.9. The van der Waals surface area contributed by atoms with Gasteiger partial charge in [-0.25, -0.2) is 4.98 Å². The van der Waals surface area contributed by atoms with Gasteiger partial charge in [-0.2, -0.15) is 0 Å². The van der Waals surface area contributed by atoms with E-state index in [9.17, 15) is 9.59 Å². The van der Waals surface area contributed by atoms with Crippen molar-refractivity contribution in [3.8, 4) is 0 Å². The van der Waals surface area contributed by atoms with Crippen LogP contribution >= 0.6 is 34.4 Å². The quantitative estimate of drug-likeness (QED) is 0.331. The number of benzene rings is 2. The van der Waals surface area contributed by atoms with Crippen molar-refractivity contribution in [1.29, 1.82) is 0 Å². The number of carbonyl (C=O) groups excluding carboxylic acids is 2. The maximum absolute atomic E-state index is 12.8. The van der Waals surface area contributed by atoms with Crippen molar-refractivity contribution >= 4 is 67.3 Å². The lowest BCUT2D eigenvalue weighted by molar-refractivity contribution is -0.115. The van der Waals surface area contributed by atoms with Gasteiger partial charge in [0.2, 0.25) is 5.91 Å². The first-order valence-electron chi connectivity index (χ1n) is 9.40. The molecule has 4 rings (SSSR count). The Morgan fingerprint density at radius 1 is 1.07 bits per heavy atom. The molecule has 8 heteroatoms. The Morgan fingerprint density at radius 2 is 1.93 bits per heavy atom. The first kappa shape index (κ1) is 20.6. The van der Waals surface area contributed by atoms with Crippen LogP contribution in [0.25, 0.3) is 10.2 Å². The molecule has 30 heavy (non-hydrogen) atoms. The fourth-order valence-electron chi connectivity index (χ4n) is 2.85. The van der Waals surface area contributed by atoms with Gasteiger partial charge in [-0.05, 0) is 48.2 Å². The van der Waals surface area contributed by atoms with E-state index in [1.54, 1.807) is 6.07 Å². The molecule has 2 aromatic carbocycles. The van der Waals surface area contributed by atoms with E-state index >= 15 is 0 Å². The van der Waals surface area contributed by atoms with Crippen molar-refractivity contribution in [2.45, 2.75) is 23.5 Å². The SMILES string of the molecule is CCC(Sc1cccc(NC(=O)c2cccs2)c1)C(=O)Nc1nc2ccccc2s1. The van der Waals surface area contributed by atoms with E-state index in [0.29, 0.717) is 22.1 Å². The van der Waals surface area contributed by atoms with Crippen molar-refractivity contribution in [1.82, 2.24) is 4.98 Å². The maximum atomic E-state index is 12.8. The molecule has 2 aromatic heterocycles. The van der Waals surface area contributed by atoms with E-state index in [1.807, 2.05) is 66.9 Å². The molecule has 0 saturated carbocycles. The number of hydrogen-bond donors (Lipinski definition) is 2. The van der Waals surface area contributed by atoms with Gasteiger partial charge in [0.1, 0.15) is 0 Å². The average Bonchev–Trinajstić information content (AvgIpc) is 3.41. The largest absolute Gasteiger partial charge is 0.321 e. The number of para-hydroxylation sites is 1. The Kier molecular flexibility index (Phi) is 6.47. The lowest BCUT2D eigenvalue weighted by atomic mass is 10.3. The standard InChI is InChI=1S/C22H19N3O2S3/c1-2-17(20(26)25-22-24-16-9-3-4-10-18(16)30-22)29-15-8-5-7-14(13-15)23-21(27)19-11-6-12-28-19/h3-13,17H,2H2,1H3,(H,23,27)(H,24,25,26). The Bertz CT molecular complexity index is 1140. The lowest BCUT2D eigenvalue weighted by Gasteiger charge is -2.14. The molecule has 152 valence electrons. The number of rotatable bonds is 7. The highest BCUT2D eigenvalue weighted by Crippen LogP contribution is 2.30. The van der Waals surface area contributed by atoms with Gasteiger partial charge in [0, 0.05) is 10.6 Å². The Hall–Kier alpha value is -2.68. The molecule has 0 fully saturated rings. The van der Waals surface area contributed by atoms with Crippen LogP contribution < -0.4 is 10.6 Å². The van der Waals surface area contributed by atoms with Crippen LogP contribution in [-0.2, 0) is 4.79 Å². The molecule has 2 amide bonds. The van der Waals surface area contributed by atoms with E-state index in [0.717, 1.165) is 15.1 Å². The van der Waals surface area contributed by atoms with Gasteiger partial charge in [-0.15, -0.1) is 23.1 Å². The zero-order valence-corrected chi connectivity index (χ0v) is 18.6. The first-order chi connectivity index (χ1) is 14.6. The molecule has 0 saturated heterocycles. The summed E-state index contributed by atoms with van der Waals surface area (Å²) in [5.74, 6) is -0.206. The molecule has 0 bridgehead atoms. The molecule has 2 N–H and O–H groups in total. The fraction of sp³-hybridized carbons (Fsp3) is 0.136. The van der Waals surface area contributed by atoms with Gasteiger partial charge in [0.15, 0.2) is 5.13 Å². The van der Waals surface area contributed by atoms with Crippen LogP contribution in [0.2, 0.25) is 0 Å². The normalized spacial score (nSPS) is 11.9. The highest BCUT2D eigenvalue weighted by atomic mass is 32.2. The van der Waals surface area contributed by atoms with E-state index in [-0.39, 0.29) is 17.1 Å².